The summed E-state index contributed by atoms with van der Waals surface area (Å²) in [5, 5.41) is 0.994. The van der Waals surface area contributed by atoms with Crippen molar-refractivity contribution in [3.05, 3.63) is 34.1 Å². The first kappa shape index (κ1) is 15.2. The topological polar surface area (TPSA) is 43.8 Å². The summed E-state index contributed by atoms with van der Waals surface area (Å²) in [7, 11) is 0. The molecule has 0 radical (unpaired) electrons. The highest BCUT2D eigenvalue weighted by molar-refractivity contribution is 6.43. The van der Waals surface area contributed by atoms with Crippen LogP contribution in [0.2, 0.25) is 10.0 Å². The fourth-order valence-corrected chi connectivity index (χ4v) is 2.63. The Morgan fingerprint density at radius 3 is 2.40 bits per heavy atom. The van der Waals surface area contributed by atoms with E-state index in [9.17, 15) is 0 Å². The van der Waals surface area contributed by atoms with Gasteiger partial charge in [0.1, 0.15) is 17.3 Å². The van der Waals surface area contributed by atoms with Crippen LogP contribution in [0.15, 0.2) is 18.2 Å². The second-order valence-electron chi connectivity index (χ2n) is 5.76. The molecular formula is C15H19Cl2N3. The van der Waals surface area contributed by atoms with Gasteiger partial charge in [-0.1, -0.05) is 56.1 Å². The van der Waals surface area contributed by atoms with E-state index in [4.69, 9.17) is 33.9 Å². The Kier molecular flexibility index (Phi) is 4.03. The number of nitrogen functional groups attached to an aromatic ring is 1. The minimum atomic E-state index is -0.0899. The van der Waals surface area contributed by atoms with Crippen molar-refractivity contribution in [2.75, 3.05) is 5.73 Å². The first-order valence-corrected chi connectivity index (χ1v) is 7.33. The highest BCUT2D eigenvalue weighted by Gasteiger charge is 2.25. The van der Waals surface area contributed by atoms with Gasteiger partial charge in [-0.2, -0.15) is 0 Å². The van der Waals surface area contributed by atoms with Crippen LogP contribution >= 0.6 is 23.2 Å². The van der Waals surface area contributed by atoms with Crippen LogP contribution in [0, 0.1) is 0 Å². The predicted octanol–water partition coefficient (Wildman–Crippen LogP) is 4.76. The van der Waals surface area contributed by atoms with Gasteiger partial charge < -0.3 is 10.3 Å². The largest absolute Gasteiger partial charge is 0.383 e. The Morgan fingerprint density at radius 1 is 1.25 bits per heavy atom. The molecule has 108 valence electrons. The van der Waals surface area contributed by atoms with Gasteiger partial charge in [0.05, 0.1) is 10.0 Å². The normalized spacial score (nSPS) is 11.9. The highest BCUT2D eigenvalue weighted by atomic mass is 35.5. The summed E-state index contributed by atoms with van der Waals surface area (Å²) >= 11 is 12.4. The van der Waals surface area contributed by atoms with E-state index in [0.29, 0.717) is 21.6 Å². The Bertz CT molecular complexity index is 639. The fourth-order valence-electron chi connectivity index (χ4n) is 2.24. The molecule has 0 saturated heterocycles. The summed E-state index contributed by atoms with van der Waals surface area (Å²) in [4.78, 5) is 4.72. The van der Waals surface area contributed by atoms with Crippen molar-refractivity contribution in [2.24, 2.45) is 0 Å². The maximum Gasteiger partial charge on any atom is 0.131 e. The monoisotopic (exact) mass is 311 g/mol. The number of anilines is 1. The molecule has 1 aromatic heterocycles. The van der Waals surface area contributed by atoms with Crippen LogP contribution in [0.3, 0.4) is 0 Å². The third-order valence-corrected chi connectivity index (χ3v) is 4.02. The van der Waals surface area contributed by atoms with Crippen LogP contribution < -0.4 is 5.73 Å². The first-order chi connectivity index (χ1) is 9.27. The van der Waals surface area contributed by atoms with Gasteiger partial charge in [0.15, 0.2) is 0 Å². The molecule has 2 rings (SSSR count). The van der Waals surface area contributed by atoms with Crippen molar-refractivity contribution in [1.29, 1.82) is 0 Å². The van der Waals surface area contributed by atoms with Crippen molar-refractivity contribution in [3.8, 4) is 11.3 Å². The number of aromatic nitrogens is 2. The highest BCUT2D eigenvalue weighted by Crippen LogP contribution is 2.37. The van der Waals surface area contributed by atoms with E-state index in [0.717, 1.165) is 17.9 Å². The van der Waals surface area contributed by atoms with Crippen molar-refractivity contribution in [3.63, 3.8) is 0 Å². The molecule has 0 saturated carbocycles. The van der Waals surface area contributed by atoms with Crippen molar-refractivity contribution in [2.45, 2.75) is 39.7 Å². The van der Waals surface area contributed by atoms with Crippen LogP contribution in [0.25, 0.3) is 11.3 Å². The summed E-state index contributed by atoms with van der Waals surface area (Å²) in [6.07, 6.45) is 0. The van der Waals surface area contributed by atoms with Crippen molar-refractivity contribution < 1.29 is 0 Å². The zero-order valence-corrected chi connectivity index (χ0v) is 13.7. The summed E-state index contributed by atoms with van der Waals surface area (Å²) in [6.45, 7) is 9.17. The van der Waals surface area contributed by atoms with Crippen LogP contribution in [-0.2, 0) is 12.0 Å². The number of halogens is 2. The van der Waals surface area contributed by atoms with Gasteiger partial charge >= 0.3 is 0 Å². The zero-order valence-electron chi connectivity index (χ0n) is 12.2. The van der Waals surface area contributed by atoms with Gasteiger partial charge in [-0.05, 0) is 13.0 Å². The first-order valence-electron chi connectivity index (χ1n) is 6.58. The lowest BCUT2D eigenvalue weighted by Gasteiger charge is -2.19. The number of nitrogens with two attached hydrogens (primary N) is 1. The third kappa shape index (κ3) is 2.52. The molecule has 0 aliphatic heterocycles. The summed E-state index contributed by atoms with van der Waals surface area (Å²) in [5.74, 6) is 1.57. The second kappa shape index (κ2) is 5.30. The molecule has 0 aliphatic rings. The minimum Gasteiger partial charge on any atom is -0.383 e. The molecular weight excluding hydrogens is 293 g/mol. The molecule has 20 heavy (non-hydrogen) atoms. The number of rotatable bonds is 2. The summed E-state index contributed by atoms with van der Waals surface area (Å²) < 4.78 is 2.02. The Labute approximate surface area is 129 Å². The lowest BCUT2D eigenvalue weighted by atomic mass is 9.95. The molecule has 0 bridgehead atoms. The van der Waals surface area contributed by atoms with Gasteiger partial charge in [-0.3, -0.25) is 0 Å². The number of imidazole rings is 1. The SMILES string of the molecule is CCn1c(C(C)(C)C)nc(-c2cccc(Cl)c2Cl)c1N. The van der Waals surface area contributed by atoms with Gasteiger partial charge in [-0.25, -0.2) is 4.98 Å². The lowest BCUT2D eigenvalue weighted by Crippen LogP contribution is -2.19. The predicted molar refractivity (Wildman–Crippen MR) is 86.5 cm³/mol. The van der Waals surface area contributed by atoms with Crippen LogP contribution in [0.5, 0.6) is 0 Å². The zero-order chi connectivity index (χ0) is 15.1. The average Bonchev–Trinajstić information content (AvgIpc) is 2.69. The van der Waals surface area contributed by atoms with Gasteiger partial charge in [0.25, 0.3) is 0 Å². The molecule has 0 amide bonds. The van der Waals surface area contributed by atoms with Crippen LogP contribution in [-0.4, -0.2) is 9.55 Å². The van der Waals surface area contributed by atoms with Crippen molar-refractivity contribution in [1.82, 2.24) is 9.55 Å². The van der Waals surface area contributed by atoms with Gasteiger partial charge in [-0.15, -0.1) is 0 Å². The van der Waals surface area contributed by atoms with Crippen LogP contribution in [0.1, 0.15) is 33.5 Å². The summed E-state index contributed by atoms with van der Waals surface area (Å²) in [5.41, 5.74) is 7.64. The third-order valence-electron chi connectivity index (χ3n) is 3.20. The van der Waals surface area contributed by atoms with Crippen molar-refractivity contribution >= 4 is 29.0 Å². The molecule has 0 unspecified atom stereocenters. The minimum absolute atomic E-state index is 0.0899. The second-order valence-corrected chi connectivity index (χ2v) is 6.55. The smallest absolute Gasteiger partial charge is 0.131 e. The number of hydrogen-bond donors (Lipinski definition) is 1. The number of nitrogens with zero attached hydrogens (tertiary/aromatic N) is 2. The fraction of sp³-hybridized carbons (Fsp3) is 0.400. The van der Waals surface area contributed by atoms with E-state index >= 15 is 0 Å². The molecule has 2 aromatic rings. The van der Waals surface area contributed by atoms with E-state index in [1.165, 1.54) is 0 Å². The number of benzene rings is 1. The lowest BCUT2D eigenvalue weighted by molar-refractivity contribution is 0.509. The Morgan fingerprint density at radius 2 is 1.90 bits per heavy atom. The molecule has 3 nitrogen and oxygen atoms in total. The molecule has 0 fully saturated rings. The average molecular weight is 312 g/mol. The van der Waals surface area contributed by atoms with E-state index in [1.807, 2.05) is 16.7 Å². The molecule has 0 spiro atoms. The Balaban J connectivity index is 2.70. The molecule has 1 heterocycles. The van der Waals surface area contributed by atoms with Crippen LogP contribution in [0.4, 0.5) is 5.82 Å². The quantitative estimate of drug-likeness (QED) is 0.869. The molecule has 5 heteroatoms. The maximum atomic E-state index is 6.28. The van der Waals surface area contributed by atoms with Gasteiger partial charge in [0, 0.05) is 17.5 Å². The standard InChI is InChI=1S/C15H19Cl2N3/c1-5-20-13(18)12(19-14(20)15(2,3)4)9-7-6-8-10(16)11(9)17/h6-8H,5,18H2,1-4H3. The molecule has 0 atom stereocenters. The van der Waals surface area contributed by atoms with E-state index in [-0.39, 0.29) is 5.41 Å². The molecule has 1 aromatic carbocycles. The van der Waals surface area contributed by atoms with E-state index in [1.54, 1.807) is 6.07 Å². The summed E-state index contributed by atoms with van der Waals surface area (Å²) in [6, 6.07) is 5.50. The van der Waals surface area contributed by atoms with E-state index in [2.05, 4.69) is 27.7 Å². The molecule has 2 N–H and O–H groups in total. The van der Waals surface area contributed by atoms with E-state index < -0.39 is 0 Å². The van der Waals surface area contributed by atoms with Gasteiger partial charge in [0.2, 0.25) is 0 Å². The maximum absolute atomic E-state index is 6.28. The molecule has 0 aliphatic carbocycles. The Hall–Kier alpha value is -1.19. The number of hydrogen-bond acceptors (Lipinski definition) is 2.